The molecule has 0 radical (unpaired) electrons. The van der Waals surface area contributed by atoms with Crippen molar-refractivity contribution >= 4 is 0 Å². The van der Waals surface area contributed by atoms with Crippen LogP contribution in [0.1, 0.15) is 41.5 Å². The lowest BCUT2D eigenvalue weighted by Gasteiger charge is -2.14. The number of hydrogen-bond acceptors (Lipinski definition) is 6. The summed E-state index contributed by atoms with van der Waals surface area (Å²) in [5.41, 5.74) is 0. The highest BCUT2D eigenvalue weighted by Crippen LogP contribution is 1.96. The van der Waals surface area contributed by atoms with E-state index >= 15 is 0 Å². The minimum Gasteiger partial charge on any atom is -0.394 e. The average Bonchev–Trinajstić information content (AvgIpc) is 2.51. The molecule has 136 valence electrons. The molecule has 0 aliphatic carbocycles. The Morgan fingerprint density at radius 2 is 0.909 bits per heavy atom. The molecule has 0 heterocycles. The van der Waals surface area contributed by atoms with Gasteiger partial charge < -0.3 is 29.2 Å². The summed E-state index contributed by atoms with van der Waals surface area (Å²) < 4.78 is 20.9. The summed E-state index contributed by atoms with van der Waals surface area (Å²) in [5.74, 6) is 0. The highest BCUT2D eigenvalue weighted by molar-refractivity contribution is 4.51. The van der Waals surface area contributed by atoms with Gasteiger partial charge in [-0.1, -0.05) is 0 Å². The zero-order chi connectivity index (χ0) is 17.4. The third-order valence-corrected chi connectivity index (χ3v) is 2.65. The summed E-state index contributed by atoms with van der Waals surface area (Å²) in [6, 6.07) is 0. The molecule has 0 aliphatic heterocycles. The zero-order valence-electron chi connectivity index (χ0n) is 15.1. The van der Waals surface area contributed by atoms with Crippen molar-refractivity contribution in [2.45, 2.75) is 66.0 Å². The second-order valence-corrected chi connectivity index (χ2v) is 5.18. The number of ether oxygens (including phenoxy) is 4. The Hall–Kier alpha value is -0.240. The largest absolute Gasteiger partial charge is 0.394 e. The quantitative estimate of drug-likeness (QED) is 0.568. The second-order valence-electron chi connectivity index (χ2n) is 5.18. The van der Waals surface area contributed by atoms with Crippen LogP contribution in [-0.2, 0) is 18.9 Å². The van der Waals surface area contributed by atoms with Gasteiger partial charge in [-0.25, -0.2) is 0 Å². The van der Waals surface area contributed by atoms with Crippen LogP contribution in [-0.4, -0.2) is 74.3 Å². The molecule has 0 spiro atoms. The molecule has 0 bridgehead atoms. The van der Waals surface area contributed by atoms with Gasteiger partial charge in [0.05, 0.1) is 50.8 Å². The summed E-state index contributed by atoms with van der Waals surface area (Å²) in [4.78, 5) is 0. The lowest BCUT2D eigenvalue weighted by Crippen LogP contribution is -2.22. The van der Waals surface area contributed by atoms with Crippen LogP contribution < -0.4 is 0 Å². The highest BCUT2D eigenvalue weighted by atomic mass is 16.5. The van der Waals surface area contributed by atoms with Crippen molar-refractivity contribution in [1.82, 2.24) is 0 Å². The van der Waals surface area contributed by atoms with Gasteiger partial charge in [-0.2, -0.15) is 0 Å². The van der Waals surface area contributed by atoms with Crippen molar-refractivity contribution in [2.75, 3.05) is 39.6 Å². The van der Waals surface area contributed by atoms with Gasteiger partial charge in [-0.15, -0.1) is 0 Å². The molecule has 6 nitrogen and oxygen atoms in total. The molecular formula is C16H36O6. The molecule has 4 unspecified atom stereocenters. The second kappa shape index (κ2) is 17.1. The zero-order valence-corrected chi connectivity index (χ0v) is 15.1. The minimum atomic E-state index is -0.0853. The van der Waals surface area contributed by atoms with Crippen molar-refractivity contribution in [3.05, 3.63) is 0 Å². The van der Waals surface area contributed by atoms with E-state index in [9.17, 15) is 0 Å². The number of aliphatic hydroxyl groups excluding tert-OH is 2. The van der Waals surface area contributed by atoms with Crippen LogP contribution in [0.15, 0.2) is 0 Å². The maximum atomic E-state index is 8.61. The fourth-order valence-electron chi connectivity index (χ4n) is 1.37. The van der Waals surface area contributed by atoms with Gasteiger partial charge >= 0.3 is 0 Å². The molecule has 2 N–H and O–H groups in total. The number of rotatable bonds is 12. The summed E-state index contributed by atoms with van der Waals surface area (Å²) >= 11 is 0. The van der Waals surface area contributed by atoms with Crippen molar-refractivity contribution < 1.29 is 29.2 Å². The third kappa shape index (κ3) is 17.8. The first-order valence-electron chi connectivity index (χ1n) is 8.09. The van der Waals surface area contributed by atoms with E-state index in [1.54, 1.807) is 0 Å². The summed E-state index contributed by atoms with van der Waals surface area (Å²) in [6.07, 6.45) is 0.0683. The Morgan fingerprint density at radius 3 is 1.14 bits per heavy atom. The smallest absolute Gasteiger partial charge is 0.0780 e. The van der Waals surface area contributed by atoms with Gasteiger partial charge in [0.15, 0.2) is 0 Å². The SMILES string of the molecule is CCOC(C)COC(C)CO.CCOC(C)COC(C)CO. The van der Waals surface area contributed by atoms with E-state index in [2.05, 4.69) is 0 Å². The van der Waals surface area contributed by atoms with Gasteiger partial charge in [0.25, 0.3) is 0 Å². The molecule has 0 aliphatic rings. The van der Waals surface area contributed by atoms with E-state index in [-0.39, 0.29) is 37.6 Å². The molecule has 0 aromatic heterocycles. The van der Waals surface area contributed by atoms with E-state index in [1.165, 1.54) is 0 Å². The van der Waals surface area contributed by atoms with E-state index in [4.69, 9.17) is 29.2 Å². The first-order valence-corrected chi connectivity index (χ1v) is 8.09. The molecule has 4 atom stereocenters. The molecule has 6 heteroatoms. The molecule has 0 fully saturated rings. The van der Waals surface area contributed by atoms with Gasteiger partial charge in [-0.05, 0) is 41.5 Å². The predicted molar refractivity (Wildman–Crippen MR) is 87.2 cm³/mol. The Labute approximate surface area is 135 Å². The molecule has 22 heavy (non-hydrogen) atoms. The maximum Gasteiger partial charge on any atom is 0.0780 e. The first-order chi connectivity index (χ1) is 10.4. The number of aliphatic hydroxyl groups is 2. The molecular weight excluding hydrogens is 288 g/mol. The van der Waals surface area contributed by atoms with E-state index in [1.807, 2.05) is 41.5 Å². The minimum absolute atomic E-state index is 0.0683. The van der Waals surface area contributed by atoms with Gasteiger partial charge in [0.1, 0.15) is 0 Å². The lowest BCUT2D eigenvalue weighted by atomic mass is 10.4. The topological polar surface area (TPSA) is 77.4 Å². The summed E-state index contributed by atoms with van der Waals surface area (Å²) in [6.45, 7) is 14.1. The normalized spacial score (nSPS) is 16.4. The van der Waals surface area contributed by atoms with Crippen LogP contribution in [0.3, 0.4) is 0 Å². The van der Waals surface area contributed by atoms with Crippen LogP contribution in [0.2, 0.25) is 0 Å². The van der Waals surface area contributed by atoms with Gasteiger partial charge in [0, 0.05) is 13.2 Å². The Balaban J connectivity index is 0. The Kier molecular flexibility index (Phi) is 18.7. The molecule has 0 rings (SSSR count). The fraction of sp³-hybridized carbons (Fsp3) is 1.00. The fourth-order valence-corrected chi connectivity index (χ4v) is 1.37. The summed E-state index contributed by atoms with van der Waals surface area (Å²) in [7, 11) is 0. The van der Waals surface area contributed by atoms with Crippen molar-refractivity contribution in [3.8, 4) is 0 Å². The van der Waals surface area contributed by atoms with E-state index in [0.29, 0.717) is 26.4 Å². The molecule has 0 aromatic carbocycles. The average molecular weight is 324 g/mol. The predicted octanol–water partition coefficient (Wildman–Crippen LogP) is 1.62. The standard InChI is InChI=1S/2C8H18O3/c2*1-4-10-8(3)6-11-7(2)5-9/h2*7-9H,4-6H2,1-3H3. The first kappa shape index (κ1) is 24.0. The molecule has 0 aromatic rings. The molecule has 0 saturated heterocycles. The lowest BCUT2D eigenvalue weighted by molar-refractivity contribution is -0.0424. The van der Waals surface area contributed by atoms with Gasteiger partial charge in [-0.3, -0.25) is 0 Å². The van der Waals surface area contributed by atoms with Crippen LogP contribution in [0.4, 0.5) is 0 Å². The van der Waals surface area contributed by atoms with Crippen molar-refractivity contribution in [3.63, 3.8) is 0 Å². The highest BCUT2D eigenvalue weighted by Gasteiger charge is 2.05. The van der Waals surface area contributed by atoms with Crippen LogP contribution >= 0.6 is 0 Å². The Morgan fingerprint density at radius 1 is 0.591 bits per heavy atom. The molecule has 0 amide bonds. The Bertz CT molecular complexity index is 193. The maximum absolute atomic E-state index is 8.61. The van der Waals surface area contributed by atoms with E-state index in [0.717, 1.165) is 0 Å². The third-order valence-electron chi connectivity index (χ3n) is 2.65. The van der Waals surface area contributed by atoms with Crippen LogP contribution in [0, 0.1) is 0 Å². The molecule has 0 saturated carbocycles. The summed E-state index contributed by atoms with van der Waals surface area (Å²) in [5, 5.41) is 17.2. The van der Waals surface area contributed by atoms with Crippen LogP contribution in [0.25, 0.3) is 0 Å². The monoisotopic (exact) mass is 324 g/mol. The van der Waals surface area contributed by atoms with Crippen molar-refractivity contribution in [1.29, 1.82) is 0 Å². The van der Waals surface area contributed by atoms with Crippen LogP contribution in [0.5, 0.6) is 0 Å². The van der Waals surface area contributed by atoms with E-state index < -0.39 is 0 Å². The van der Waals surface area contributed by atoms with Gasteiger partial charge in [0.2, 0.25) is 0 Å². The number of hydrogen-bond donors (Lipinski definition) is 2. The van der Waals surface area contributed by atoms with Crippen molar-refractivity contribution in [2.24, 2.45) is 0 Å².